The summed E-state index contributed by atoms with van der Waals surface area (Å²) in [5, 5.41) is 13.9. The van der Waals surface area contributed by atoms with E-state index in [4.69, 9.17) is 14.2 Å². The van der Waals surface area contributed by atoms with Crippen LogP contribution in [0.2, 0.25) is 0 Å². The summed E-state index contributed by atoms with van der Waals surface area (Å²) < 4.78 is 16.2. The highest BCUT2D eigenvalue weighted by Gasteiger charge is 2.16. The first-order valence-corrected chi connectivity index (χ1v) is 7.67. The average Bonchev–Trinajstić information content (AvgIpc) is 3.05. The minimum Gasteiger partial charge on any atom is -0.504 e. The lowest BCUT2D eigenvalue weighted by atomic mass is 10.2. The van der Waals surface area contributed by atoms with E-state index < -0.39 is 5.91 Å². The molecule has 8 heteroatoms. The topological polar surface area (TPSA) is 89.4 Å². The van der Waals surface area contributed by atoms with Gasteiger partial charge < -0.3 is 19.3 Å². The maximum Gasteiger partial charge on any atom is 0.271 e. The molecule has 0 fully saturated rings. The number of benzene rings is 2. The van der Waals surface area contributed by atoms with Crippen LogP contribution in [0.5, 0.6) is 23.0 Å². The van der Waals surface area contributed by atoms with E-state index in [-0.39, 0.29) is 12.5 Å². The Balaban J connectivity index is 1.72. The number of ether oxygens (including phenoxy) is 3. The third-order valence-electron chi connectivity index (χ3n) is 3.29. The molecule has 0 atom stereocenters. The molecule has 124 valence electrons. The van der Waals surface area contributed by atoms with Gasteiger partial charge in [0.2, 0.25) is 6.79 Å². The fourth-order valence-electron chi connectivity index (χ4n) is 2.11. The van der Waals surface area contributed by atoms with Gasteiger partial charge in [-0.2, -0.15) is 5.10 Å². The number of hydrogen-bond donors (Lipinski definition) is 2. The summed E-state index contributed by atoms with van der Waals surface area (Å²) in [5.41, 5.74) is 3.17. The van der Waals surface area contributed by atoms with Crippen LogP contribution in [0, 0.1) is 0 Å². The van der Waals surface area contributed by atoms with Crippen molar-refractivity contribution in [1.82, 2.24) is 5.43 Å². The maximum atomic E-state index is 12.1. The number of carbonyl (C=O) groups excluding carboxylic acids is 1. The Kier molecular flexibility index (Phi) is 4.57. The van der Waals surface area contributed by atoms with Gasteiger partial charge in [0, 0.05) is 15.6 Å². The molecule has 24 heavy (non-hydrogen) atoms. The number of methoxy groups -OCH3 is 1. The molecule has 0 spiro atoms. The Morgan fingerprint density at radius 2 is 2.12 bits per heavy atom. The number of nitrogens with zero attached hydrogens (tertiary/aromatic N) is 1. The molecule has 0 aliphatic carbocycles. The molecular formula is C16H13BrN2O5. The van der Waals surface area contributed by atoms with Crippen molar-refractivity contribution >= 4 is 28.1 Å². The molecule has 1 aliphatic rings. The van der Waals surface area contributed by atoms with E-state index in [0.29, 0.717) is 32.8 Å². The van der Waals surface area contributed by atoms with Gasteiger partial charge in [-0.25, -0.2) is 5.43 Å². The van der Waals surface area contributed by atoms with Crippen LogP contribution in [0.3, 0.4) is 0 Å². The Morgan fingerprint density at radius 1 is 1.33 bits per heavy atom. The number of rotatable bonds is 4. The van der Waals surface area contributed by atoms with Gasteiger partial charge in [-0.05, 0) is 30.3 Å². The Labute approximate surface area is 146 Å². The maximum absolute atomic E-state index is 12.1. The lowest BCUT2D eigenvalue weighted by molar-refractivity contribution is 0.0954. The van der Waals surface area contributed by atoms with E-state index in [1.165, 1.54) is 13.3 Å². The van der Waals surface area contributed by atoms with Crippen molar-refractivity contribution in [2.45, 2.75) is 0 Å². The second-order valence-electron chi connectivity index (χ2n) is 4.81. The highest BCUT2D eigenvalue weighted by atomic mass is 79.9. The molecular weight excluding hydrogens is 380 g/mol. The second kappa shape index (κ2) is 6.79. The smallest absolute Gasteiger partial charge is 0.271 e. The van der Waals surface area contributed by atoms with Gasteiger partial charge in [0.25, 0.3) is 5.91 Å². The lowest BCUT2D eigenvalue weighted by Gasteiger charge is -2.07. The third kappa shape index (κ3) is 3.28. The fraction of sp³-hybridized carbons (Fsp3) is 0.125. The molecule has 0 radical (unpaired) electrons. The molecule has 0 saturated heterocycles. The van der Waals surface area contributed by atoms with E-state index in [2.05, 4.69) is 26.5 Å². The second-order valence-corrected chi connectivity index (χ2v) is 5.73. The normalized spacial score (nSPS) is 12.4. The largest absolute Gasteiger partial charge is 0.504 e. The molecule has 0 saturated carbocycles. The minimum atomic E-state index is -0.411. The molecule has 1 amide bonds. The van der Waals surface area contributed by atoms with Crippen molar-refractivity contribution in [3.63, 3.8) is 0 Å². The van der Waals surface area contributed by atoms with Crippen LogP contribution in [0.4, 0.5) is 0 Å². The van der Waals surface area contributed by atoms with Crippen LogP contribution in [0.25, 0.3) is 0 Å². The van der Waals surface area contributed by atoms with Crippen molar-refractivity contribution in [3.8, 4) is 23.0 Å². The van der Waals surface area contributed by atoms with Crippen molar-refractivity contribution in [3.05, 3.63) is 45.9 Å². The Bertz CT molecular complexity index is 822. The standard InChI is InChI=1S/C16H13BrN2O5/c1-22-14-6-11(17)4-10(15(14)20)7-18-19-16(21)9-2-3-12-13(5-9)24-8-23-12/h2-7,20H,8H2,1H3,(H,19,21)/b18-7+. The first-order valence-electron chi connectivity index (χ1n) is 6.88. The Morgan fingerprint density at radius 3 is 2.92 bits per heavy atom. The highest BCUT2D eigenvalue weighted by molar-refractivity contribution is 9.10. The highest BCUT2D eigenvalue weighted by Crippen LogP contribution is 2.33. The monoisotopic (exact) mass is 392 g/mol. The van der Waals surface area contributed by atoms with Gasteiger partial charge in [-0.15, -0.1) is 0 Å². The van der Waals surface area contributed by atoms with Crippen LogP contribution in [0.1, 0.15) is 15.9 Å². The van der Waals surface area contributed by atoms with Gasteiger partial charge in [0.05, 0.1) is 13.3 Å². The predicted molar refractivity (Wildman–Crippen MR) is 90.0 cm³/mol. The molecule has 3 rings (SSSR count). The van der Waals surface area contributed by atoms with Gasteiger partial charge in [0.15, 0.2) is 23.0 Å². The summed E-state index contributed by atoms with van der Waals surface area (Å²) in [6.45, 7) is 0.141. The van der Waals surface area contributed by atoms with Gasteiger partial charge >= 0.3 is 0 Å². The van der Waals surface area contributed by atoms with Crippen molar-refractivity contribution < 1.29 is 24.1 Å². The first-order chi connectivity index (χ1) is 11.6. The van der Waals surface area contributed by atoms with Crippen LogP contribution < -0.4 is 19.6 Å². The number of halogens is 1. The van der Waals surface area contributed by atoms with E-state index in [1.807, 2.05) is 0 Å². The molecule has 0 unspecified atom stereocenters. The lowest BCUT2D eigenvalue weighted by Crippen LogP contribution is -2.17. The quantitative estimate of drug-likeness (QED) is 0.616. The zero-order chi connectivity index (χ0) is 17.1. The zero-order valence-corrected chi connectivity index (χ0v) is 14.2. The number of nitrogens with one attached hydrogen (secondary N) is 1. The Hall–Kier alpha value is -2.74. The molecule has 2 N–H and O–H groups in total. The van der Waals surface area contributed by atoms with Crippen LogP contribution >= 0.6 is 15.9 Å². The molecule has 2 aromatic carbocycles. The predicted octanol–water partition coefficient (Wildman–Crippen LogP) is 2.66. The number of carbonyl (C=O) groups is 1. The van der Waals surface area contributed by atoms with Crippen molar-refractivity contribution in [2.24, 2.45) is 5.10 Å². The molecule has 0 bridgehead atoms. The number of hydrogen-bond acceptors (Lipinski definition) is 6. The molecule has 2 aromatic rings. The minimum absolute atomic E-state index is 0.0678. The third-order valence-corrected chi connectivity index (χ3v) is 3.75. The summed E-state index contributed by atoms with van der Waals surface area (Å²) in [7, 11) is 1.45. The summed E-state index contributed by atoms with van der Waals surface area (Å²) in [6, 6.07) is 8.11. The van der Waals surface area contributed by atoms with Gasteiger partial charge in [0.1, 0.15) is 0 Å². The van der Waals surface area contributed by atoms with Crippen LogP contribution in [-0.4, -0.2) is 31.1 Å². The molecule has 7 nitrogen and oxygen atoms in total. The van der Waals surface area contributed by atoms with Gasteiger partial charge in [-0.1, -0.05) is 15.9 Å². The first kappa shape index (κ1) is 16.1. The van der Waals surface area contributed by atoms with Crippen molar-refractivity contribution in [2.75, 3.05) is 13.9 Å². The van der Waals surface area contributed by atoms with E-state index >= 15 is 0 Å². The van der Waals surface area contributed by atoms with E-state index in [0.717, 1.165) is 0 Å². The average molecular weight is 393 g/mol. The SMILES string of the molecule is COc1cc(Br)cc(/C=N/NC(=O)c2ccc3c(c2)OCO3)c1O. The summed E-state index contributed by atoms with van der Waals surface area (Å²) in [5.74, 6) is 0.933. The number of hydrazone groups is 1. The summed E-state index contributed by atoms with van der Waals surface area (Å²) in [4.78, 5) is 12.1. The van der Waals surface area contributed by atoms with Gasteiger partial charge in [-0.3, -0.25) is 4.79 Å². The number of aromatic hydroxyl groups is 1. The molecule has 1 aliphatic heterocycles. The fourth-order valence-corrected chi connectivity index (χ4v) is 2.57. The van der Waals surface area contributed by atoms with E-state index in [9.17, 15) is 9.90 Å². The van der Waals surface area contributed by atoms with E-state index in [1.54, 1.807) is 30.3 Å². The zero-order valence-electron chi connectivity index (χ0n) is 12.6. The summed E-state index contributed by atoms with van der Waals surface area (Å²) >= 11 is 3.31. The van der Waals surface area contributed by atoms with Crippen molar-refractivity contribution in [1.29, 1.82) is 0 Å². The molecule has 1 heterocycles. The number of amides is 1. The summed E-state index contributed by atoms with van der Waals surface area (Å²) in [6.07, 6.45) is 1.33. The van der Waals surface area contributed by atoms with Crippen LogP contribution in [0.15, 0.2) is 39.9 Å². The molecule has 0 aromatic heterocycles. The number of phenolic OH excluding ortho intramolecular Hbond substituents is 1. The number of fused-ring (bicyclic) bond motifs is 1. The van der Waals surface area contributed by atoms with Crippen LogP contribution in [-0.2, 0) is 0 Å². The number of phenols is 1.